The lowest BCUT2D eigenvalue weighted by Gasteiger charge is -2.36. The maximum Gasteiger partial charge on any atom is 0.128 e. The van der Waals surface area contributed by atoms with Crippen LogP contribution in [0.25, 0.3) is 0 Å². The van der Waals surface area contributed by atoms with E-state index in [4.69, 9.17) is 18.9 Å². The highest BCUT2D eigenvalue weighted by molar-refractivity contribution is 5.49. The van der Waals surface area contributed by atoms with Gasteiger partial charge in [-0.15, -0.1) is 0 Å². The number of hydrogen-bond donors (Lipinski definition) is 2. The van der Waals surface area contributed by atoms with Gasteiger partial charge in [0.15, 0.2) is 0 Å². The van der Waals surface area contributed by atoms with E-state index in [9.17, 15) is 14.6 Å². The van der Waals surface area contributed by atoms with Gasteiger partial charge in [-0.3, -0.25) is 0 Å². The maximum absolute atomic E-state index is 13.3. The molecule has 0 aliphatic carbocycles. The molecular formula is C23H29FO6. The fourth-order valence-electron chi connectivity index (χ4n) is 3.75. The lowest BCUT2D eigenvalue weighted by molar-refractivity contribution is -0.175. The van der Waals surface area contributed by atoms with Crippen LogP contribution in [0, 0.1) is 0 Å². The van der Waals surface area contributed by atoms with E-state index >= 15 is 0 Å². The lowest BCUT2D eigenvalue weighted by Crippen LogP contribution is -2.46. The maximum atomic E-state index is 13.3. The van der Waals surface area contributed by atoms with E-state index in [1.807, 2.05) is 37.3 Å². The van der Waals surface area contributed by atoms with Crippen molar-refractivity contribution < 1.29 is 33.6 Å². The highest BCUT2D eigenvalue weighted by atomic mass is 19.1. The summed E-state index contributed by atoms with van der Waals surface area (Å²) in [6.45, 7) is 1.66. The first-order valence-corrected chi connectivity index (χ1v) is 10.0. The summed E-state index contributed by atoms with van der Waals surface area (Å²) in [4.78, 5) is 0. The Hall–Kier alpha value is -2.35. The molecule has 0 aromatic heterocycles. The summed E-state index contributed by atoms with van der Waals surface area (Å²) in [5, 5.41) is 20.1. The Kier molecular flexibility index (Phi) is 7.53. The topological polar surface area (TPSA) is 77.4 Å². The minimum absolute atomic E-state index is 0.142. The average Bonchev–Trinajstić information content (AvgIpc) is 2.76. The van der Waals surface area contributed by atoms with E-state index in [1.54, 1.807) is 13.2 Å². The zero-order chi connectivity index (χ0) is 21.7. The Morgan fingerprint density at radius 2 is 1.77 bits per heavy atom. The molecule has 0 unspecified atom stereocenters. The van der Waals surface area contributed by atoms with Gasteiger partial charge < -0.3 is 29.2 Å². The molecule has 0 amide bonds. The molecule has 1 fully saturated rings. The van der Waals surface area contributed by atoms with Crippen molar-refractivity contribution in [2.24, 2.45) is 0 Å². The molecule has 30 heavy (non-hydrogen) atoms. The number of hydrogen-bond acceptors (Lipinski definition) is 6. The first-order chi connectivity index (χ1) is 14.5. The summed E-state index contributed by atoms with van der Waals surface area (Å²) in [5.74, 6) is 1.99. The number of aliphatic hydroxyl groups excluding tert-OH is 2. The number of aliphatic hydroxyl groups is 2. The van der Waals surface area contributed by atoms with Gasteiger partial charge in [-0.25, -0.2) is 4.39 Å². The molecule has 2 aromatic carbocycles. The zero-order valence-corrected chi connectivity index (χ0v) is 17.5. The standard InChI is InChI=1S/C23H29FO6/c1-4-29-16-7-5-14(6-8-16)9-15-10-17(20(28-3)12-19(15)27-2)21-11-18(25)23(26)22(13-24)30-21/h5-8,10,12,18,21-23,25-26H,4,9,11,13H2,1-3H3/t18-,21-,22-,23-/m1/s1. The molecule has 1 aliphatic heterocycles. The van der Waals surface area contributed by atoms with Gasteiger partial charge in [0.1, 0.15) is 36.1 Å². The molecule has 3 rings (SSSR count). The minimum Gasteiger partial charge on any atom is -0.496 e. The van der Waals surface area contributed by atoms with Crippen LogP contribution >= 0.6 is 0 Å². The molecule has 0 bridgehead atoms. The van der Waals surface area contributed by atoms with E-state index < -0.39 is 31.1 Å². The van der Waals surface area contributed by atoms with Crippen molar-refractivity contribution in [3.63, 3.8) is 0 Å². The Morgan fingerprint density at radius 3 is 2.37 bits per heavy atom. The number of benzene rings is 2. The molecule has 1 saturated heterocycles. The van der Waals surface area contributed by atoms with Crippen molar-refractivity contribution >= 4 is 0 Å². The summed E-state index contributed by atoms with van der Waals surface area (Å²) in [7, 11) is 3.12. The zero-order valence-electron chi connectivity index (χ0n) is 17.5. The van der Waals surface area contributed by atoms with Gasteiger partial charge in [0.2, 0.25) is 0 Å². The summed E-state index contributed by atoms with van der Waals surface area (Å²) in [6, 6.07) is 11.5. The van der Waals surface area contributed by atoms with Crippen molar-refractivity contribution in [1.29, 1.82) is 0 Å². The molecule has 1 aliphatic rings. The number of alkyl halides is 1. The van der Waals surface area contributed by atoms with E-state index in [1.165, 1.54) is 7.11 Å². The van der Waals surface area contributed by atoms with E-state index in [2.05, 4.69) is 0 Å². The highest BCUT2D eigenvalue weighted by Gasteiger charge is 2.38. The fraction of sp³-hybridized carbons (Fsp3) is 0.478. The third-order valence-corrected chi connectivity index (χ3v) is 5.33. The molecule has 1 heterocycles. The molecule has 6 nitrogen and oxygen atoms in total. The van der Waals surface area contributed by atoms with Gasteiger partial charge in [-0.1, -0.05) is 12.1 Å². The predicted octanol–water partition coefficient (Wildman–Crippen LogP) is 3.21. The molecule has 164 valence electrons. The first-order valence-electron chi connectivity index (χ1n) is 10.0. The molecular weight excluding hydrogens is 391 g/mol. The minimum atomic E-state index is -1.25. The SMILES string of the molecule is CCOc1ccc(Cc2cc([C@H]3C[C@@H](O)[C@@H](O)[C@@H](CF)O3)c(OC)cc2OC)cc1. The van der Waals surface area contributed by atoms with Crippen LogP contribution in [-0.4, -0.2) is 56.0 Å². The quantitative estimate of drug-likeness (QED) is 0.683. The van der Waals surface area contributed by atoms with Crippen LogP contribution < -0.4 is 14.2 Å². The van der Waals surface area contributed by atoms with Crippen molar-refractivity contribution in [2.75, 3.05) is 27.5 Å². The number of methoxy groups -OCH3 is 2. The largest absolute Gasteiger partial charge is 0.496 e. The van der Waals surface area contributed by atoms with E-state index in [0.717, 1.165) is 16.9 Å². The number of rotatable bonds is 8. The molecule has 7 heteroatoms. The van der Waals surface area contributed by atoms with Gasteiger partial charge in [0.05, 0.1) is 33.0 Å². The van der Waals surface area contributed by atoms with E-state index in [0.29, 0.717) is 30.1 Å². The fourth-order valence-corrected chi connectivity index (χ4v) is 3.75. The van der Waals surface area contributed by atoms with Crippen LogP contribution in [0.4, 0.5) is 4.39 Å². The third kappa shape index (κ3) is 4.86. The van der Waals surface area contributed by atoms with Gasteiger partial charge >= 0.3 is 0 Å². The Labute approximate surface area is 176 Å². The smallest absolute Gasteiger partial charge is 0.128 e. The van der Waals surface area contributed by atoms with Crippen LogP contribution in [-0.2, 0) is 11.2 Å². The van der Waals surface area contributed by atoms with Crippen LogP contribution in [0.15, 0.2) is 36.4 Å². The Morgan fingerprint density at radius 1 is 1.07 bits per heavy atom. The van der Waals surface area contributed by atoms with Crippen LogP contribution in [0.2, 0.25) is 0 Å². The third-order valence-electron chi connectivity index (χ3n) is 5.33. The molecule has 0 radical (unpaired) electrons. The number of ether oxygens (including phenoxy) is 4. The lowest BCUT2D eigenvalue weighted by atomic mass is 9.91. The summed E-state index contributed by atoms with van der Waals surface area (Å²) in [5.41, 5.74) is 2.65. The average molecular weight is 420 g/mol. The normalized spacial score (nSPS) is 23.8. The van der Waals surface area contributed by atoms with E-state index in [-0.39, 0.29) is 6.42 Å². The summed E-state index contributed by atoms with van der Waals surface area (Å²) < 4.78 is 35.6. The Bertz CT molecular complexity index is 825. The van der Waals surface area contributed by atoms with Gasteiger partial charge in [-0.05, 0) is 36.2 Å². The predicted molar refractivity (Wildman–Crippen MR) is 110 cm³/mol. The van der Waals surface area contributed by atoms with Crippen molar-refractivity contribution in [1.82, 2.24) is 0 Å². The molecule has 2 aromatic rings. The monoisotopic (exact) mass is 420 g/mol. The van der Waals surface area contributed by atoms with Crippen molar-refractivity contribution in [3.05, 3.63) is 53.1 Å². The second-order valence-corrected chi connectivity index (χ2v) is 7.27. The van der Waals surface area contributed by atoms with Crippen LogP contribution in [0.5, 0.6) is 17.2 Å². The van der Waals surface area contributed by atoms with Gasteiger partial charge in [0, 0.05) is 24.5 Å². The molecule has 4 atom stereocenters. The molecule has 2 N–H and O–H groups in total. The molecule has 0 spiro atoms. The van der Waals surface area contributed by atoms with Crippen LogP contribution in [0.1, 0.15) is 36.1 Å². The Balaban J connectivity index is 1.92. The highest BCUT2D eigenvalue weighted by Crippen LogP contribution is 2.40. The first kappa shape index (κ1) is 22.3. The summed E-state index contributed by atoms with van der Waals surface area (Å²) >= 11 is 0. The van der Waals surface area contributed by atoms with Crippen LogP contribution in [0.3, 0.4) is 0 Å². The summed E-state index contributed by atoms with van der Waals surface area (Å²) in [6.07, 6.45) is -3.28. The number of halogens is 1. The van der Waals surface area contributed by atoms with Crippen molar-refractivity contribution in [2.45, 2.75) is 44.2 Å². The van der Waals surface area contributed by atoms with Crippen molar-refractivity contribution in [3.8, 4) is 17.2 Å². The van der Waals surface area contributed by atoms with Gasteiger partial charge in [-0.2, -0.15) is 0 Å². The second kappa shape index (κ2) is 10.1. The second-order valence-electron chi connectivity index (χ2n) is 7.27. The molecule has 0 saturated carbocycles. The van der Waals surface area contributed by atoms with Gasteiger partial charge in [0.25, 0.3) is 0 Å².